The molecule has 1 aliphatic carbocycles. The van der Waals surface area contributed by atoms with Crippen molar-refractivity contribution in [1.29, 1.82) is 0 Å². The molecule has 3 rings (SSSR count). The Bertz CT molecular complexity index is 614. The van der Waals surface area contributed by atoms with E-state index in [1.807, 2.05) is 18.2 Å². The second kappa shape index (κ2) is 5.43. The molecular formula is C15H19N3O. The van der Waals surface area contributed by atoms with E-state index in [0.29, 0.717) is 11.6 Å². The minimum Gasteiger partial charge on any atom is -0.321 e. The van der Waals surface area contributed by atoms with E-state index in [1.165, 1.54) is 32.1 Å². The highest BCUT2D eigenvalue weighted by Crippen LogP contribution is 2.23. The Morgan fingerprint density at radius 2 is 2.05 bits per heavy atom. The Hall–Kier alpha value is -1.84. The normalized spacial score (nSPS) is 16.6. The molecule has 2 aromatic rings. The van der Waals surface area contributed by atoms with Crippen molar-refractivity contribution < 1.29 is 0 Å². The third-order valence-corrected chi connectivity index (χ3v) is 3.92. The molecule has 1 N–H and O–H groups in total. The molecule has 4 heteroatoms. The third kappa shape index (κ3) is 2.62. The molecule has 4 nitrogen and oxygen atoms in total. The van der Waals surface area contributed by atoms with Crippen LogP contribution in [0.1, 0.15) is 32.1 Å². The van der Waals surface area contributed by atoms with Crippen LogP contribution in [0.2, 0.25) is 0 Å². The summed E-state index contributed by atoms with van der Waals surface area (Å²) in [5.41, 5.74) is 3.94. The van der Waals surface area contributed by atoms with Crippen molar-refractivity contribution in [2.45, 2.75) is 32.1 Å². The minimum absolute atomic E-state index is 0.0398. The quantitative estimate of drug-likeness (QED) is 0.919. The molecule has 0 atom stereocenters. The maximum atomic E-state index is 12.0. The first-order chi connectivity index (χ1) is 9.34. The summed E-state index contributed by atoms with van der Waals surface area (Å²) in [5, 5.41) is 0.984. The van der Waals surface area contributed by atoms with E-state index in [4.69, 9.17) is 0 Å². The zero-order valence-corrected chi connectivity index (χ0v) is 11.0. The molecule has 0 aromatic carbocycles. The van der Waals surface area contributed by atoms with Gasteiger partial charge in [0.1, 0.15) is 0 Å². The predicted molar refractivity (Wildman–Crippen MR) is 76.8 cm³/mol. The molecule has 1 aliphatic rings. The van der Waals surface area contributed by atoms with Crippen LogP contribution in [0.3, 0.4) is 0 Å². The highest BCUT2D eigenvalue weighted by atomic mass is 16.1. The van der Waals surface area contributed by atoms with Gasteiger partial charge in [0.2, 0.25) is 0 Å². The first-order valence-corrected chi connectivity index (χ1v) is 7.05. The maximum absolute atomic E-state index is 12.0. The summed E-state index contributed by atoms with van der Waals surface area (Å²) in [6, 6.07) is 7.28. The Kier molecular flexibility index (Phi) is 3.49. The van der Waals surface area contributed by atoms with Crippen LogP contribution in [0.4, 0.5) is 0 Å². The van der Waals surface area contributed by atoms with Gasteiger partial charge in [-0.25, -0.2) is 9.66 Å². The number of pyridine rings is 2. The SMILES string of the molecule is O=c1ccc2cccnc2n1NCC1CCCCC1. The number of hydrogen-bond acceptors (Lipinski definition) is 3. The van der Waals surface area contributed by atoms with Crippen molar-refractivity contribution in [3.05, 3.63) is 40.8 Å². The summed E-state index contributed by atoms with van der Waals surface area (Å²) < 4.78 is 1.59. The molecule has 0 bridgehead atoms. The topological polar surface area (TPSA) is 46.9 Å². The zero-order chi connectivity index (χ0) is 13.1. The van der Waals surface area contributed by atoms with Gasteiger partial charge >= 0.3 is 0 Å². The summed E-state index contributed by atoms with van der Waals surface area (Å²) in [6.07, 6.45) is 8.23. The van der Waals surface area contributed by atoms with Gasteiger partial charge in [0, 0.05) is 24.2 Å². The lowest BCUT2D eigenvalue weighted by Gasteiger charge is -2.23. The van der Waals surface area contributed by atoms with Crippen molar-refractivity contribution in [2.75, 3.05) is 12.0 Å². The van der Waals surface area contributed by atoms with Crippen LogP contribution < -0.4 is 11.0 Å². The zero-order valence-electron chi connectivity index (χ0n) is 11.0. The number of nitrogens with zero attached hydrogens (tertiary/aromatic N) is 2. The number of rotatable bonds is 3. The largest absolute Gasteiger partial charge is 0.321 e. The lowest BCUT2D eigenvalue weighted by Crippen LogP contribution is -2.32. The van der Waals surface area contributed by atoms with Gasteiger partial charge in [0.25, 0.3) is 5.56 Å². The number of nitrogens with one attached hydrogen (secondary N) is 1. The van der Waals surface area contributed by atoms with Crippen LogP contribution in [0, 0.1) is 5.92 Å². The van der Waals surface area contributed by atoms with E-state index in [0.717, 1.165) is 11.9 Å². The fourth-order valence-electron chi connectivity index (χ4n) is 2.83. The Labute approximate surface area is 112 Å². The van der Waals surface area contributed by atoms with E-state index in [1.54, 1.807) is 16.9 Å². The first-order valence-electron chi connectivity index (χ1n) is 7.05. The standard InChI is InChI=1S/C15H19N3O/c19-14-9-8-13-7-4-10-16-15(13)18(14)17-11-12-5-2-1-3-6-12/h4,7-10,12,17H,1-3,5-6,11H2. The van der Waals surface area contributed by atoms with E-state index in [2.05, 4.69) is 10.4 Å². The average molecular weight is 257 g/mol. The number of fused-ring (bicyclic) bond motifs is 1. The molecule has 100 valence electrons. The van der Waals surface area contributed by atoms with E-state index in [9.17, 15) is 4.79 Å². The van der Waals surface area contributed by atoms with Crippen LogP contribution in [-0.2, 0) is 0 Å². The summed E-state index contributed by atoms with van der Waals surface area (Å²) in [6.45, 7) is 0.857. The second-order valence-electron chi connectivity index (χ2n) is 5.29. The summed E-state index contributed by atoms with van der Waals surface area (Å²) >= 11 is 0. The summed E-state index contributed by atoms with van der Waals surface area (Å²) in [7, 11) is 0. The van der Waals surface area contributed by atoms with Gasteiger partial charge < -0.3 is 5.43 Å². The van der Waals surface area contributed by atoms with Crippen LogP contribution in [0.5, 0.6) is 0 Å². The monoisotopic (exact) mass is 257 g/mol. The van der Waals surface area contributed by atoms with Crippen LogP contribution >= 0.6 is 0 Å². The molecule has 0 amide bonds. The molecule has 0 aliphatic heterocycles. The van der Waals surface area contributed by atoms with Gasteiger partial charge in [-0.1, -0.05) is 19.3 Å². The second-order valence-corrected chi connectivity index (χ2v) is 5.29. The van der Waals surface area contributed by atoms with Crippen molar-refractivity contribution in [3.8, 4) is 0 Å². The summed E-state index contributed by atoms with van der Waals surface area (Å²) in [4.78, 5) is 16.3. The van der Waals surface area contributed by atoms with Gasteiger partial charge in [0.05, 0.1) is 0 Å². The maximum Gasteiger partial charge on any atom is 0.270 e. The molecule has 0 radical (unpaired) electrons. The van der Waals surface area contributed by atoms with Crippen LogP contribution in [0.25, 0.3) is 11.0 Å². The van der Waals surface area contributed by atoms with Gasteiger partial charge in [0.15, 0.2) is 5.65 Å². The van der Waals surface area contributed by atoms with E-state index in [-0.39, 0.29) is 5.56 Å². The van der Waals surface area contributed by atoms with Crippen molar-refractivity contribution in [3.63, 3.8) is 0 Å². The average Bonchev–Trinajstić information content (AvgIpc) is 2.47. The van der Waals surface area contributed by atoms with Crippen LogP contribution in [0.15, 0.2) is 35.3 Å². The highest BCUT2D eigenvalue weighted by molar-refractivity contribution is 5.74. The fourth-order valence-corrected chi connectivity index (χ4v) is 2.83. The number of aromatic nitrogens is 2. The molecular weight excluding hydrogens is 238 g/mol. The molecule has 1 saturated carbocycles. The molecule has 2 heterocycles. The first kappa shape index (κ1) is 12.2. The van der Waals surface area contributed by atoms with Crippen molar-refractivity contribution in [1.82, 2.24) is 9.66 Å². The van der Waals surface area contributed by atoms with Crippen molar-refractivity contribution >= 4 is 11.0 Å². The molecule has 19 heavy (non-hydrogen) atoms. The fraction of sp³-hybridized carbons (Fsp3) is 0.467. The Morgan fingerprint density at radius 1 is 1.21 bits per heavy atom. The van der Waals surface area contributed by atoms with Gasteiger partial charge in [-0.2, -0.15) is 0 Å². The lowest BCUT2D eigenvalue weighted by molar-refractivity contribution is 0.366. The van der Waals surface area contributed by atoms with E-state index < -0.39 is 0 Å². The minimum atomic E-state index is -0.0398. The van der Waals surface area contributed by atoms with Gasteiger partial charge in [-0.05, 0) is 37.0 Å². The smallest absolute Gasteiger partial charge is 0.270 e. The van der Waals surface area contributed by atoms with Crippen LogP contribution in [-0.4, -0.2) is 16.2 Å². The highest BCUT2D eigenvalue weighted by Gasteiger charge is 2.13. The van der Waals surface area contributed by atoms with E-state index >= 15 is 0 Å². The van der Waals surface area contributed by atoms with Crippen molar-refractivity contribution in [2.24, 2.45) is 5.92 Å². The molecule has 0 saturated heterocycles. The van der Waals surface area contributed by atoms with Gasteiger partial charge in [-0.15, -0.1) is 0 Å². The number of hydrogen-bond donors (Lipinski definition) is 1. The summed E-state index contributed by atoms with van der Waals surface area (Å²) in [5.74, 6) is 0.680. The molecule has 0 unspecified atom stereocenters. The predicted octanol–water partition coefficient (Wildman–Crippen LogP) is 2.52. The lowest BCUT2D eigenvalue weighted by atomic mass is 9.89. The van der Waals surface area contributed by atoms with Gasteiger partial charge in [-0.3, -0.25) is 4.79 Å². The molecule has 0 spiro atoms. The Balaban J connectivity index is 1.83. The Morgan fingerprint density at radius 3 is 2.89 bits per heavy atom. The molecule has 2 aromatic heterocycles. The molecule has 1 fully saturated rings. The third-order valence-electron chi connectivity index (χ3n) is 3.92.